The Labute approximate surface area is 81.5 Å². The number of nitrogens with zero attached hydrogens (tertiary/aromatic N) is 1. The maximum absolute atomic E-state index is 10.6. The van der Waals surface area contributed by atoms with Crippen LogP contribution in [-0.4, -0.2) is 34.4 Å². The topological polar surface area (TPSA) is 78.0 Å². The number of hydrogen-bond donors (Lipinski definition) is 3. The molecule has 0 saturated carbocycles. The van der Waals surface area contributed by atoms with Crippen LogP contribution in [-0.2, 0) is 0 Å². The van der Waals surface area contributed by atoms with Crippen LogP contribution in [0, 0.1) is 0 Å². The van der Waals surface area contributed by atoms with Crippen LogP contribution in [0.25, 0.3) is 0 Å². The molecular weight excluding hydrogens is 182 g/mol. The van der Waals surface area contributed by atoms with E-state index >= 15 is 0 Å². The number of aromatic amines is 1. The summed E-state index contributed by atoms with van der Waals surface area (Å²) in [5.74, 6) is -0.597. The Kier molecular flexibility index (Phi) is 2.49. The molecule has 3 N–H and O–H groups in total. The number of H-pyrrole nitrogens is 1. The van der Waals surface area contributed by atoms with Crippen LogP contribution in [0.3, 0.4) is 0 Å². The molecule has 1 unspecified atom stereocenters. The second-order valence-electron chi connectivity index (χ2n) is 3.56. The molecule has 1 aliphatic rings. The summed E-state index contributed by atoms with van der Waals surface area (Å²) < 4.78 is 0. The van der Waals surface area contributed by atoms with Gasteiger partial charge in [0.1, 0.15) is 0 Å². The number of carbonyl (C=O) groups is 1. The molecule has 76 valence electrons. The third kappa shape index (κ3) is 1.77. The van der Waals surface area contributed by atoms with E-state index in [0.717, 1.165) is 31.6 Å². The maximum Gasteiger partial charge on any atom is 0.356 e. The summed E-state index contributed by atoms with van der Waals surface area (Å²) in [6.07, 6.45) is 2.22. The first kappa shape index (κ1) is 9.21. The van der Waals surface area contributed by atoms with E-state index in [2.05, 4.69) is 15.5 Å². The number of nitrogens with one attached hydrogen (secondary N) is 2. The number of carboxylic acids is 1. The summed E-state index contributed by atoms with van der Waals surface area (Å²) in [7, 11) is 0. The van der Waals surface area contributed by atoms with Crippen molar-refractivity contribution in [1.82, 2.24) is 15.5 Å². The SMILES string of the molecule is O=C(O)c1cc(C2CCCNC2)[nH]n1. The predicted octanol–water partition coefficient (Wildman–Crippen LogP) is 0.575. The molecule has 0 spiro atoms. The van der Waals surface area contributed by atoms with E-state index in [9.17, 15) is 4.79 Å². The van der Waals surface area contributed by atoms with Crippen molar-refractivity contribution in [2.24, 2.45) is 0 Å². The molecule has 2 heterocycles. The van der Waals surface area contributed by atoms with Gasteiger partial charge in [0.05, 0.1) is 0 Å². The van der Waals surface area contributed by atoms with Crippen molar-refractivity contribution < 1.29 is 9.90 Å². The number of rotatable bonds is 2. The number of aromatic carboxylic acids is 1. The molecule has 1 atom stereocenters. The average Bonchev–Trinajstić information content (AvgIpc) is 2.68. The molecule has 0 radical (unpaired) electrons. The Hall–Kier alpha value is -1.36. The highest BCUT2D eigenvalue weighted by Gasteiger charge is 2.18. The van der Waals surface area contributed by atoms with Gasteiger partial charge < -0.3 is 10.4 Å². The number of hydrogen-bond acceptors (Lipinski definition) is 3. The zero-order valence-electron chi connectivity index (χ0n) is 7.79. The fraction of sp³-hybridized carbons (Fsp3) is 0.556. The van der Waals surface area contributed by atoms with Crippen molar-refractivity contribution in [2.75, 3.05) is 13.1 Å². The molecule has 0 aliphatic carbocycles. The quantitative estimate of drug-likeness (QED) is 0.645. The van der Waals surface area contributed by atoms with Crippen molar-refractivity contribution in [2.45, 2.75) is 18.8 Å². The second kappa shape index (κ2) is 3.79. The molecule has 1 saturated heterocycles. The number of aromatic nitrogens is 2. The van der Waals surface area contributed by atoms with Crippen molar-refractivity contribution >= 4 is 5.97 Å². The van der Waals surface area contributed by atoms with Gasteiger partial charge in [-0.05, 0) is 25.5 Å². The lowest BCUT2D eigenvalue weighted by atomic mass is 9.96. The second-order valence-corrected chi connectivity index (χ2v) is 3.56. The van der Waals surface area contributed by atoms with Crippen LogP contribution >= 0.6 is 0 Å². The molecule has 1 aliphatic heterocycles. The minimum Gasteiger partial charge on any atom is -0.476 e. The Morgan fingerprint density at radius 1 is 1.64 bits per heavy atom. The van der Waals surface area contributed by atoms with Crippen LogP contribution in [0.15, 0.2) is 6.07 Å². The van der Waals surface area contributed by atoms with Gasteiger partial charge in [0.2, 0.25) is 0 Å². The highest BCUT2D eigenvalue weighted by atomic mass is 16.4. The lowest BCUT2D eigenvalue weighted by molar-refractivity contribution is 0.0690. The zero-order chi connectivity index (χ0) is 9.97. The molecule has 0 bridgehead atoms. The first-order chi connectivity index (χ1) is 6.77. The highest BCUT2D eigenvalue weighted by molar-refractivity contribution is 5.85. The first-order valence-corrected chi connectivity index (χ1v) is 4.76. The van der Waals surface area contributed by atoms with E-state index < -0.39 is 5.97 Å². The predicted molar refractivity (Wildman–Crippen MR) is 50.4 cm³/mol. The maximum atomic E-state index is 10.6. The van der Waals surface area contributed by atoms with Crippen LogP contribution in [0.4, 0.5) is 0 Å². The van der Waals surface area contributed by atoms with E-state index in [-0.39, 0.29) is 5.69 Å². The molecule has 5 heteroatoms. The molecule has 5 nitrogen and oxygen atoms in total. The number of piperidine rings is 1. The van der Waals surface area contributed by atoms with E-state index in [1.165, 1.54) is 0 Å². The van der Waals surface area contributed by atoms with Gasteiger partial charge in [-0.2, -0.15) is 5.10 Å². The van der Waals surface area contributed by atoms with Gasteiger partial charge in [-0.1, -0.05) is 0 Å². The Morgan fingerprint density at radius 2 is 2.50 bits per heavy atom. The molecular formula is C9H13N3O2. The van der Waals surface area contributed by atoms with Crippen LogP contribution < -0.4 is 5.32 Å². The third-order valence-corrected chi connectivity index (χ3v) is 2.55. The minimum atomic E-state index is -0.976. The standard InChI is InChI=1S/C9H13N3O2/c13-9(14)8-4-7(11-12-8)6-2-1-3-10-5-6/h4,6,10H,1-3,5H2,(H,11,12)(H,13,14). The normalized spacial score (nSPS) is 22.1. The first-order valence-electron chi connectivity index (χ1n) is 4.76. The van der Waals surface area contributed by atoms with Gasteiger partial charge >= 0.3 is 5.97 Å². The number of carboxylic acid groups (broad SMARTS) is 1. The average molecular weight is 195 g/mol. The summed E-state index contributed by atoms with van der Waals surface area (Å²) in [4.78, 5) is 10.6. The van der Waals surface area contributed by atoms with Gasteiger partial charge in [-0.3, -0.25) is 5.10 Å². The van der Waals surface area contributed by atoms with Gasteiger partial charge in [-0.25, -0.2) is 4.79 Å². The zero-order valence-corrected chi connectivity index (χ0v) is 7.79. The van der Waals surface area contributed by atoms with E-state index in [1.54, 1.807) is 6.07 Å². The molecule has 1 fully saturated rings. The fourth-order valence-electron chi connectivity index (χ4n) is 1.77. The molecule has 1 aromatic rings. The van der Waals surface area contributed by atoms with Crippen LogP contribution in [0.1, 0.15) is 34.9 Å². The molecule has 14 heavy (non-hydrogen) atoms. The van der Waals surface area contributed by atoms with E-state index in [1.807, 2.05) is 0 Å². The molecule has 0 amide bonds. The summed E-state index contributed by atoms with van der Waals surface area (Å²) in [5.41, 5.74) is 1.03. The lowest BCUT2D eigenvalue weighted by Gasteiger charge is -2.20. The molecule has 2 rings (SSSR count). The monoisotopic (exact) mass is 195 g/mol. The Balaban J connectivity index is 2.11. The van der Waals surface area contributed by atoms with Crippen molar-refractivity contribution in [3.05, 3.63) is 17.5 Å². The van der Waals surface area contributed by atoms with Gasteiger partial charge in [-0.15, -0.1) is 0 Å². The van der Waals surface area contributed by atoms with Crippen molar-refractivity contribution in [3.8, 4) is 0 Å². The van der Waals surface area contributed by atoms with Crippen LogP contribution in [0.5, 0.6) is 0 Å². The summed E-state index contributed by atoms with van der Waals surface area (Å²) in [5, 5.41) is 18.5. The highest BCUT2D eigenvalue weighted by Crippen LogP contribution is 2.21. The largest absolute Gasteiger partial charge is 0.476 e. The van der Waals surface area contributed by atoms with Gasteiger partial charge in [0.25, 0.3) is 0 Å². The van der Waals surface area contributed by atoms with Crippen molar-refractivity contribution in [1.29, 1.82) is 0 Å². The van der Waals surface area contributed by atoms with Gasteiger partial charge in [0.15, 0.2) is 5.69 Å². The lowest BCUT2D eigenvalue weighted by Crippen LogP contribution is -2.28. The third-order valence-electron chi connectivity index (χ3n) is 2.55. The van der Waals surface area contributed by atoms with E-state index in [4.69, 9.17) is 5.11 Å². The molecule has 0 aromatic carbocycles. The fourth-order valence-corrected chi connectivity index (χ4v) is 1.77. The van der Waals surface area contributed by atoms with Gasteiger partial charge in [0, 0.05) is 18.2 Å². The summed E-state index contributed by atoms with van der Waals surface area (Å²) in [6, 6.07) is 1.62. The Morgan fingerprint density at radius 3 is 3.07 bits per heavy atom. The minimum absolute atomic E-state index is 0.102. The molecule has 1 aromatic heterocycles. The summed E-state index contributed by atoms with van der Waals surface area (Å²) in [6.45, 7) is 1.96. The van der Waals surface area contributed by atoms with E-state index in [0.29, 0.717) is 5.92 Å². The van der Waals surface area contributed by atoms with Crippen molar-refractivity contribution in [3.63, 3.8) is 0 Å². The summed E-state index contributed by atoms with van der Waals surface area (Å²) >= 11 is 0. The van der Waals surface area contributed by atoms with Crippen LogP contribution in [0.2, 0.25) is 0 Å². The smallest absolute Gasteiger partial charge is 0.356 e. The Bertz CT molecular complexity index is 329.